The van der Waals surface area contributed by atoms with Gasteiger partial charge in [0, 0.05) is 16.1 Å². The quantitative estimate of drug-likeness (QED) is 0.906. The summed E-state index contributed by atoms with van der Waals surface area (Å²) in [5, 5.41) is 12.2. The van der Waals surface area contributed by atoms with Crippen molar-refractivity contribution in [3.05, 3.63) is 40.1 Å². The summed E-state index contributed by atoms with van der Waals surface area (Å²) in [6.45, 7) is 0. The van der Waals surface area contributed by atoms with Crippen LogP contribution in [-0.4, -0.2) is 16.2 Å². The lowest BCUT2D eigenvalue weighted by Gasteiger charge is -2.08. The van der Waals surface area contributed by atoms with Crippen LogP contribution in [0.2, 0.25) is 0 Å². The molecule has 2 rings (SSSR count). The van der Waals surface area contributed by atoms with Crippen molar-refractivity contribution in [2.45, 2.75) is 6.18 Å². The van der Waals surface area contributed by atoms with Gasteiger partial charge in [-0.25, -0.2) is 4.79 Å². The van der Waals surface area contributed by atoms with Crippen LogP contribution in [0.1, 0.15) is 16.1 Å². The number of nitrogens with zero attached hydrogens (tertiary/aromatic N) is 1. The molecule has 0 aliphatic heterocycles. The monoisotopic (exact) mass is 335 g/mol. The SMILES string of the molecule is O=C(O)c1cc(-c2ccc(C(F)(F)F)cc2Br)no1. The zero-order valence-corrected chi connectivity index (χ0v) is 10.6. The van der Waals surface area contributed by atoms with Gasteiger partial charge in [0.2, 0.25) is 5.76 Å². The van der Waals surface area contributed by atoms with Crippen LogP contribution < -0.4 is 0 Å². The van der Waals surface area contributed by atoms with Crippen LogP contribution in [-0.2, 0) is 6.18 Å². The molecular weight excluding hydrogens is 331 g/mol. The third kappa shape index (κ3) is 2.78. The van der Waals surface area contributed by atoms with Crippen molar-refractivity contribution in [1.29, 1.82) is 0 Å². The van der Waals surface area contributed by atoms with Crippen LogP contribution in [0.25, 0.3) is 11.3 Å². The van der Waals surface area contributed by atoms with E-state index < -0.39 is 17.7 Å². The summed E-state index contributed by atoms with van der Waals surface area (Å²) < 4.78 is 42.1. The smallest absolute Gasteiger partial charge is 0.416 e. The Balaban J connectivity index is 2.43. The lowest BCUT2D eigenvalue weighted by molar-refractivity contribution is -0.137. The molecule has 19 heavy (non-hydrogen) atoms. The normalized spacial score (nSPS) is 11.6. The summed E-state index contributed by atoms with van der Waals surface area (Å²) in [7, 11) is 0. The molecule has 100 valence electrons. The maximum Gasteiger partial charge on any atom is 0.416 e. The molecule has 1 N–H and O–H groups in total. The molecule has 0 atom stereocenters. The van der Waals surface area contributed by atoms with Crippen LogP contribution in [0.5, 0.6) is 0 Å². The predicted octanol–water partition coefficient (Wildman–Crippen LogP) is 3.82. The average Bonchev–Trinajstić information content (AvgIpc) is 2.76. The van der Waals surface area contributed by atoms with Crippen LogP contribution in [0.3, 0.4) is 0 Å². The van der Waals surface area contributed by atoms with Gasteiger partial charge in [-0.05, 0) is 12.1 Å². The number of alkyl halides is 3. The molecule has 2 aromatic rings. The molecule has 0 fully saturated rings. The van der Waals surface area contributed by atoms with Gasteiger partial charge in [0.1, 0.15) is 5.69 Å². The first-order chi connectivity index (χ1) is 8.79. The maximum absolute atomic E-state index is 12.5. The minimum absolute atomic E-state index is 0.137. The summed E-state index contributed by atoms with van der Waals surface area (Å²) in [6, 6.07) is 4.10. The Hall–Kier alpha value is -1.83. The van der Waals surface area contributed by atoms with Crippen LogP contribution >= 0.6 is 15.9 Å². The highest BCUT2D eigenvalue weighted by Crippen LogP contribution is 2.35. The number of aromatic nitrogens is 1. The van der Waals surface area contributed by atoms with Gasteiger partial charge in [-0.1, -0.05) is 27.2 Å². The molecule has 0 saturated carbocycles. The van der Waals surface area contributed by atoms with Crippen molar-refractivity contribution in [2.24, 2.45) is 0 Å². The van der Waals surface area contributed by atoms with Crippen LogP contribution in [0.4, 0.5) is 13.2 Å². The molecule has 8 heteroatoms. The first kappa shape index (κ1) is 13.6. The lowest BCUT2D eigenvalue weighted by atomic mass is 10.1. The molecule has 0 unspecified atom stereocenters. The Morgan fingerprint density at radius 1 is 1.32 bits per heavy atom. The fourth-order valence-electron chi connectivity index (χ4n) is 1.40. The second kappa shape index (κ2) is 4.69. The average molecular weight is 336 g/mol. The van der Waals surface area contributed by atoms with Crippen molar-refractivity contribution < 1.29 is 27.6 Å². The van der Waals surface area contributed by atoms with E-state index in [4.69, 9.17) is 5.11 Å². The summed E-state index contributed by atoms with van der Waals surface area (Å²) in [5.74, 6) is -1.69. The molecule has 0 radical (unpaired) electrons. The molecule has 0 amide bonds. The number of halogens is 4. The Morgan fingerprint density at radius 2 is 2.00 bits per heavy atom. The van der Waals surface area contributed by atoms with Crippen molar-refractivity contribution in [3.63, 3.8) is 0 Å². The van der Waals surface area contributed by atoms with Gasteiger partial charge in [-0.15, -0.1) is 0 Å². The number of benzene rings is 1. The lowest BCUT2D eigenvalue weighted by Crippen LogP contribution is -2.04. The number of carbonyl (C=O) groups is 1. The minimum atomic E-state index is -4.45. The minimum Gasteiger partial charge on any atom is -0.475 e. The Labute approximate surface area is 113 Å². The zero-order chi connectivity index (χ0) is 14.2. The summed E-state index contributed by atoms with van der Waals surface area (Å²) >= 11 is 2.99. The number of rotatable bonds is 2. The van der Waals surface area contributed by atoms with Crippen LogP contribution in [0, 0.1) is 0 Å². The molecule has 0 aliphatic carbocycles. The van der Waals surface area contributed by atoms with Crippen molar-refractivity contribution in [2.75, 3.05) is 0 Å². The van der Waals surface area contributed by atoms with Crippen molar-refractivity contribution in [3.8, 4) is 11.3 Å². The fourth-order valence-corrected chi connectivity index (χ4v) is 1.98. The summed E-state index contributed by atoms with van der Waals surface area (Å²) in [4.78, 5) is 10.6. The number of aromatic carboxylic acids is 1. The highest BCUT2D eigenvalue weighted by atomic mass is 79.9. The Kier molecular flexibility index (Phi) is 3.36. The van der Waals surface area contributed by atoms with Crippen molar-refractivity contribution in [1.82, 2.24) is 5.16 Å². The van der Waals surface area contributed by atoms with Gasteiger partial charge >= 0.3 is 12.1 Å². The second-order valence-corrected chi connectivity index (χ2v) is 4.43. The van der Waals surface area contributed by atoms with Crippen molar-refractivity contribution >= 4 is 21.9 Å². The topological polar surface area (TPSA) is 63.3 Å². The third-order valence-electron chi connectivity index (χ3n) is 2.29. The number of carboxylic acid groups (broad SMARTS) is 1. The summed E-state index contributed by atoms with van der Waals surface area (Å²) in [5.41, 5.74) is -0.368. The summed E-state index contributed by atoms with van der Waals surface area (Å²) in [6.07, 6.45) is -4.45. The highest BCUT2D eigenvalue weighted by Gasteiger charge is 2.31. The number of hydrogen-bond acceptors (Lipinski definition) is 3. The molecule has 4 nitrogen and oxygen atoms in total. The van der Waals surface area contributed by atoms with E-state index in [2.05, 4.69) is 25.6 Å². The van der Waals surface area contributed by atoms with Gasteiger partial charge in [0.05, 0.1) is 5.56 Å². The highest BCUT2D eigenvalue weighted by molar-refractivity contribution is 9.10. The first-order valence-corrected chi connectivity index (χ1v) is 5.65. The molecule has 1 aromatic carbocycles. The van der Waals surface area contributed by atoms with E-state index in [0.717, 1.165) is 18.2 Å². The van der Waals surface area contributed by atoms with E-state index in [9.17, 15) is 18.0 Å². The van der Waals surface area contributed by atoms with E-state index in [-0.39, 0.29) is 15.9 Å². The predicted molar refractivity (Wildman–Crippen MR) is 61.6 cm³/mol. The van der Waals surface area contributed by atoms with Gasteiger partial charge in [0.15, 0.2) is 0 Å². The van der Waals surface area contributed by atoms with E-state index >= 15 is 0 Å². The Bertz CT molecular complexity index is 636. The number of carboxylic acids is 1. The van der Waals surface area contributed by atoms with Gasteiger partial charge in [-0.3, -0.25) is 0 Å². The van der Waals surface area contributed by atoms with E-state index in [1.807, 2.05) is 0 Å². The molecule has 0 spiro atoms. The van der Waals surface area contributed by atoms with Gasteiger partial charge < -0.3 is 9.63 Å². The van der Waals surface area contributed by atoms with Gasteiger partial charge in [-0.2, -0.15) is 13.2 Å². The molecule has 1 heterocycles. The molecule has 0 bridgehead atoms. The standard InChI is InChI=1S/C11H5BrF3NO3/c12-7-3-5(11(13,14)15)1-2-6(7)8-4-9(10(17)18)19-16-8/h1-4H,(H,17,18). The first-order valence-electron chi connectivity index (χ1n) is 4.86. The Morgan fingerprint density at radius 3 is 2.47 bits per heavy atom. The fraction of sp³-hybridized carbons (Fsp3) is 0.0909. The number of hydrogen-bond donors (Lipinski definition) is 1. The zero-order valence-electron chi connectivity index (χ0n) is 9.03. The van der Waals surface area contributed by atoms with Crippen LogP contribution in [0.15, 0.2) is 33.3 Å². The maximum atomic E-state index is 12.5. The molecular formula is C11H5BrF3NO3. The van der Waals surface area contributed by atoms with E-state index in [1.54, 1.807) is 0 Å². The molecule has 1 aromatic heterocycles. The second-order valence-electron chi connectivity index (χ2n) is 3.57. The van der Waals surface area contributed by atoms with E-state index in [0.29, 0.717) is 5.56 Å². The van der Waals surface area contributed by atoms with E-state index in [1.165, 1.54) is 6.07 Å². The largest absolute Gasteiger partial charge is 0.475 e. The molecule has 0 saturated heterocycles. The molecule has 0 aliphatic rings. The third-order valence-corrected chi connectivity index (χ3v) is 2.95. The van der Waals surface area contributed by atoms with Gasteiger partial charge in [0.25, 0.3) is 0 Å².